The van der Waals surface area contributed by atoms with Crippen LogP contribution in [0.2, 0.25) is 0 Å². The normalized spacial score (nSPS) is 17.4. The molecule has 140 valence electrons. The molecule has 3 N–H and O–H groups in total. The molecule has 0 aliphatic carbocycles. The Morgan fingerprint density at radius 3 is 2.72 bits per heavy atom. The average Bonchev–Trinajstić information content (AvgIpc) is 2.59. The molecule has 2 rings (SSSR count). The summed E-state index contributed by atoms with van der Waals surface area (Å²) in [5.41, 5.74) is -0.297. The molecule has 1 unspecified atom stereocenters. The second-order valence-corrected chi connectivity index (χ2v) is 7.21. The van der Waals surface area contributed by atoms with Gasteiger partial charge in [0.1, 0.15) is 0 Å². The quantitative estimate of drug-likeness (QED) is 0.353. The first-order valence-electron chi connectivity index (χ1n) is 7.65. The fourth-order valence-electron chi connectivity index (χ4n) is 2.42. The molecule has 1 atom stereocenters. The third-order valence-corrected chi connectivity index (χ3v) is 5.14. The molecule has 0 saturated carbocycles. The highest BCUT2D eigenvalue weighted by Crippen LogP contribution is 2.16. The fraction of sp³-hybridized carbons (Fsp3) is 0.500. The minimum absolute atomic E-state index is 0. The lowest BCUT2D eigenvalue weighted by Gasteiger charge is -2.22. The van der Waals surface area contributed by atoms with Gasteiger partial charge in [0, 0.05) is 25.2 Å². The standard InChI is InChI=1S/C14H20N4O5S.ClH/c19-14(13-6-1-2-7-15-13)16-8-9-17-24(22,23)12-5-3-4-11(10-12)18(20)21;/h3-5,10,13,15,17H,1-2,6-9H2,(H,16,19);1H. The van der Waals surface area contributed by atoms with E-state index < -0.39 is 14.9 Å². The maximum atomic E-state index is 12.1. The Balaban J connectivity index is 0.00000312. The van der Waals surface area contributed by atoms with Crippen LogP contribution < -0.4 is 15.4 Å². The van der Waals surface area contributed by atoms with Gasteiger partial charge in [-0.25, -0.2) is 13.1 Å². The highest BCUT2D eigenvalue weighted by Gasteiger charge is 2.20. The smallest absolute Gasteiger partial charge is 0.270 e. The van der Waals surface area contributed by atoms with Crippen LogP contribution in [0.4, 0.5) is 5.69 Å². The van der Waals surface area contributed by atoms with Gasteiger partial charge in [0.25, 0.3) is 5.69 Å². The van der Waals surface area contributed by atoms with E-state index in [1.54, 1.807) is 0 Å². The minimum atomic E-state index is -3.86. The Hall–Kier alpha value is -1.75. The number of nitro benzene ring substituents is 1. The van der Waals surface area contributed by atoms with Crippen LogP contribution in [0.15, 0.2) is 29.2 Å². The maximum Gasteiger partial charge on any atom is 0.270 e. The number of rotatable bonds is 7. The first kappa shape index (κ1) is 21.3. The molecule has 0 radical (unpaired) electrons. The van der Waals surface area contributed by atoms with E-state index in [2.05, 4.69) is 15.4 Å². The van der Waals surface area contributed by atoms with Crippen molar-refractivity contribution in [2.24, 2.45) is 0 Å². The summed E-state index contributed by atoms with van der Waals surface area (Å²) < 4.78 is 26.5. The molecule has 9 nitrogen and oxygen atoms in total. The number of carbonyl (C=O) groups is 1. The number of hydrogen-bond acceptors (Lipinski definition) is 6. The summed E-state index contributed by atoms with van der Waals surface area (Å²) >= 11 is 0. The van der Waals surface area contributed by atoms with Crippen molar-refractivity contribution >= 4 is 34.0 Å². The molecule has 1 aliphatic rings. The van der Waals surface area contributed by atoms with Crippen molar-refractivity contribution in [2.75, 3.05) is 19.6 Å². The Labute approximate surface area is 152 Å². The van der Waals surface area contributed by atoms with Crippen molar-refractivity contribution < 1.29 is 18.1 Å². The molecular formula is C14H21ClN4O5S. The monoisotopic (exact) mass is 392 g/mol. The summed E-state index contributed by atoms with van der Waals surface area (Å²) in [7, 11) is -3.86. The van der Waals surface area contributed by atoms with Crippen LogP contribution in [0.25, 0.3) is 0 Å². The molecule has 1 saturated heterocycles. The summed E-state index contributed by atoms with van der Waals surface area (Å²) in [5, 5.41) is 16.5. The van der Waals surface area contributed by atoms with Crippen LogP contribution in [0.1, 0.15) is 19.3 Å². The van der Waals surface area contributed by atoms with Crippen molar-refractivity contribution in [1.29, 1.82) is 0 Å². The molecule has 0 spiro atoms. The number of carbonyl (C=O) groups excluding carboxylic acids is 1. The average molecular weight is 393 g/mol. The Morgan fingerprint density at radius 1 is 1.32 bits per heavy atom. The van der Waals surface area contributed by atoms with E-state index in [4.69, 9.17) is 0 Å². The van der Waals surface area contributed by atoms with Crippen molar-refractivity contribution in [2.45, 2.75) is 30.2 Å². The highest BCUT2D eigenvalue weighted by atomic mass is 35.5. The van der Waals surface area contributed by atoms with Crippen molar-refractivity contribution in [1.82, 2.24) is 15.4 Å². The molecule has 1 amide bonds. The maximum absolute atomic E-state index is 12.1. The van der Waals surface area contributed by atoms with Gasteiger partial charge in [-0.05, 0) is 25.5 Å². The zero-order valence-electron chi connectivity index (χ0n) is 13.4. The summed E-state index contributed by atoms with van der Waals surface area (Å²) in [5.74, 6) is -0.149. The van der Waals surface area contributed by atoms with Crippen LogP contribution in [0, 0.1) is 10.1 Å². The zero-order valence-corrected chi connectivity index (χ0v) is 15.1. The van der Waals surface area contributed by atoms with E-state index in [1.165, 1.54) is 18.2 Å². The number of nitrogens with one attached hydrogen (secondary N) is 3. The van der Waals surface area contributed by atoms with E-state index in [0.717, 1.165) is 31.9 Å². The molecule has 1 aromatic rings. The van der Waals surface area contributed by atoms with E-state index >= 15 is 0 Å². The van der Waals surface area contributed by atoms with Crippen molar-refractivity contribution in [3.05, 3.63) is 34.4 Å². The van der Waals surface area contributed by atoms with Crippen LogP contribution >= 0.6 is 12.4 Å². The number of halogens is 1. The Bertz CT molecular complexity index is 707. The predicted molar refractivity (Wildman–Crippen MR) is 94.2 cm³/mol. The molecule has 1 aromatic carbocycles. The van der Waals surface area contributed by atoms with Crippen LogP contribution in [0.5, 0.6) is 0 Å². The number of nitro groups is 1. The third-order valence-electron chi connectivity index (χ3n) is 3.68. The number of sulfonamides is 1. The van der Waals surface area contributed by atoms with E-state index in [9.17, 15) is 23.3 Å². The van der Waals surface area contributed by atoms with Gasteiger partial charge < -0.3 is 10.6 Å². The number of nitrogens with zero attached hydrogens (tertiary/aromatic N) is 1. The van der Waals surface area contributed by atoms with Crippen molar-refractivity contribution in [3.8, 4) is 0 Å². The molecule has 1 heterocycles. The first-order valence-corrected chi connectivity index (χ1v) is 9.14. The molecule has 0 aromatic heterocycles. The summed E-state index contributed by atoms with van der Waals surface area (Å²) in [6.45, 7) is 0.951. The topological polar surface area (TPSA) is 130 Å². The van der Waals surface area contributed by atoms with Gasteiger partial charge in [0.2, 0.25) is 15.9 Å². The summed E-state index contributed by atoms with van der Waals surface area (Å²) in [6, 6.07) is 4.57. The lowest BCUT2D eigenvalue weighted by molar-refractivity contribution is -0.385. The molecule has 1 aliphatic heterocycles. The van der Waals surface area contributed by atoms with Crippen LogP contribution in [0.3, 0.4) is 0 Å². The first-order chi connectivity index (χ1) is 11.4. The number of benzene rings is 1. The van der Waals surface area contributed by atoms with Gasteiger partial charge in [-0.15, -0.1) is 12.4 Å². The summed E-state index contributed by atoms with van der Waals surface area (Å²) in [4.78, 5) is 21.7. The zero-order chi connectivity index (χ0) is 17.6. The fourth-order valence-corrected chi connectivity index (χ4v) is 3.49. The van der Waals surface area contributed by atoms with Crippen LogP contribution in [-0.2, 0) is 14.8 Å². The van der Waals surface area contributed by atoms with E-state index in [0.29, 0.717) is 0 Å². The molecule has 0 bridgehead atoms. The van der Waals surface area contributed by atoms with Gasteiger partial charge in [-0.3, -0.25) is 14.9 Å². The number of piperidine rings is 1. The molecule has 25 heavy (non-hydrogen) atoms. The van der Waals surface area contributed by atoms with Gasteiger partial charge >= 0.3 is 0 Å². The van der Waals surface area contributed by atoms with E-state index in [-0.39, 0.29) is 48.0 Å². The van der Waals surface area contributed by atoms with Crippen LogP contribution in [-0.4, -0.2) is 44.9 Å². The number of amides is 1. The highest BCUT2D eigenvalue weighted by molar-refractivity contribution is 7.89. The van der Waals surface area contributed by atoms with Gasteiger partial charge in [0.15, 0.2) is 0 Å². The molecule has 11 heteroatoms. The molecular weight excluding hydrogens is 372 g/mol. The molecule has 1 fully saturated rings. The predicted octanol–water partition coefficient (Wildman–Crippen LogP) is 0.553. The Kier molecular flexibility index (Phi) is 8.23. The van der Waals surface area contributed by atoms with Gasteiger partial charge in [-0.2, -0.15) is 0 Å². The van der Waals surface area contributed by atoms with Gasteiger partial charge in [0.05, 0.1) is 15.9 Å². The number of hydrogen-bond donors (Lipinski definition) is 3. The second-order valence-electron chi connectivity index (χ2n) is 5.45. The minimum Gasteiger partial charge on any atom is -0.353 e. The van der Waals surface area contributed by atoms with E-state index in [1.807, 2.05) is 0 Å². The SMILES string of the molecule is Cl.O=C(NCCNS(=O)(=O)c1cccc([N+](=O)[O-])c1)C1CCCCN1. The second kappa shape index (κ2) is 9.66. The third kappa shape index (κ3) is 6.24. The van der Waals surface area contributed by atoms with Gasteiger partial charge in [-0.1, -0.05) is 12.5 Å². The largest absolute Gasteiger partial charge is 0.353 e. The van der Waals surface area contributed by atoms with Crippen molar-refractivity contribution in [3.63, 3.8) is 0 Å². The lowest BCUT2D eigenvalue weighted by Crippen LogP contribution is -2.48. The lowest BCUT2D eigenvalue weighted by atomic mass is 10.0. The number of non-ortho nitro benzene ring substituents is 1. The summed E-state index contributed by atoms with van der Waals surface area (Å²) in [6.07, 6.45) is 2.81. The Morgan fingerprint density at radius 2 is 2.08 bits per heavy atom.